The molecule has 0 saturated carbocycles. The van der Waals surface area contributed by atoms with Crippen LogP contribution in [0.4, 0.5) is 0 Å². The molecule has 0 bridgehead atoms. The van der Waals surface area contributed by atoms with Crippen LogP contribution in [0.3, 0.4) is 0 Å². The van der Waals surface area contributed by atoms with Crippen molar-refractivity contribution in [3.05, 3.63) is 29.8 Å². The van der Waals surface area contributed by atoms with Crippen LogP contribution < -0.4 is 15.4 Å². The summed E-state index contributed by atoms with van der Waals surface area (Å²) >= 11 is 0. The monoisotopic (exact) mass is 433 g/mol. The number of nitrogens with one attached hydrogen (secondary N) is 2. The lowest BCUT2D eigenvalue weighted by atomic mass is 10.0. The number of para-hydroxylation sites is 1. The first kappa shape index (κ1) is 22.0. The lowest BCUT2D eigenvalue weighted by molar-refractivity contribution is 0.407. The molecule has 1 rings (SSSR count). The molecule has 0 aliphatic heterocycles. The molecule has 0 aromatic heterocycles. The van der Waals surface area contributed by atoms with Gasteiger partial charge in [-0.1, -0.05) is 39.0 Å². The van der Waals surface area contributed by atoms with E-state index in [1.807, 2.05) is 18.2 Å². The highest BCUT2D eigenvalue weighted by Crippen LogP contribution is 2.26. The predicted octanol–water partition coefficient (Wildman–Crippen LogP) is 4.02. The fourth-order valence-electron chi connectivity index (χ4n) is 2.22. The van der Waals surface area contributed by atoms with E-state index in [0.717, 1.165) is 37.8 Å². The predicted molar refractivity (Wildman–Crippen MR) is 110 cm³/mol. The molecule has 0 heterocycles. The summed E-state index contributed by atoms with van der Waals surface area (Å²) in [6, 6.07) is 8.15. The van der Waals surface area contributed by atoms with Crippen molar-refractivity contribution in [3.8, 4) is 5.75 Å². The maximum absolute atomic E-state index is 5.43. The molecule has 23 heavy (non-hydrogen) atoms. The fourth-order valence-corrected chi connectivity index (χ4v) is 2.22. The Labute approximate surface area is 158 Å². The second-order valence-corrected chi connectivity index (χ2v) is 5.97. The fraction of sp³-hybridized carbons (Fsp3) is 0.611. The molecular weight excluding hydrogens is 401 g/mol. The molecule has 0 radical (unpaired) electrons. The SMILES string of the molecule is CCNC(=NCC(C)c1ccccc1OC)NCCC(C)C.I. The Morgan fingerprint density at radius 1 is 1.17 bits per heavy atom. The average molecular weight is 433 g/mol. The van der Waals surface area contributed by atoms with Crippen molar-refractivity contribution in [1.82, 2.24) is 10.6 Å². The van der Waals surface area contributed by atoms with E-state index in [2.05, 4.69) is 44.4 Å². The number of benzene rings is 1. The van der Waals surface area contributed by atoms with Crippen molar-refractivity contribution in [2.45, 2.75) is 40.0 Å². The average Bonchev–Trinajstić information content (AvgIpc) is 2.51. The Bertz CT molecular complexity index is 463. The smallest absolute Gasteiger partial charge is 0.191 e. The van der Waals surface area contributed by atoms with Gasteiger partial charge in [0.2, 0.25) is 0 Å². The second-order valence-electron chi connectivity index (χ2n) is 5.97. The number of hydrogen-bond acceptors (Lipinski definition) is 2. The Balaban J connectivity index is 0.00000484. The van der Waals surface area contributed by atoms with Crippen molar-refractivity contribution < 1.29 is 4.74 Å². The molecule has 5 heteroatoms. The van der Waals surface area contributed by atoms with E-state index in [9.17, 15) is 0 Å². The number of aliphatic imine (C=N–C) groups is 1. The number of guanidine groups is 1. The molecule has 0 aliphatic rings. The van der Waals surface area contributed by atoms with Gasteiger partial charge in [0.15, 0.2) is 5.96 Å². The number of ether oxygens (including phenoxy) is 1. The number of rotatable bonds is 8. The van der Waals surface area contributed by atoms with Crippen LogP contribution in [-0.2, 0) is 0 Å². The minimum absolute atomic E-state index is 0. The summed E-state index contributed by atoms with van der Waals surface area (Å²) in [5.41, 5.74) is 1.20. The van der Waals surface area contributed by atoms with Gasteiger partial charge in [-0.25, -0.2) is 0 Å². The first-order chi connectivity index (χ1) is 10.6. The van der Waals surface area contributed by atoms with Crippen molar-refractivity contribution in [2.24, 2.45) is 10.9 Å². The molecule has 4 nitrogen and oxygen atoms in total. The highest BCUT2D eigenvalue weighted by molar-refractivity contribution is 14.0. The van der Waals surface area contributed by atoms with Gasteiger partial charge in [-0.15, -0.1) is 24.0 Å². The molecule has 0 amide bonds. The summed E-state index contributed by atoms with van der Waals surface area (Å²) in [6.07, 6.45) is 1.15. The minimum atomic E-state index is 0. The lowest BCUT2D eigenvalue weighted by Gasteiger charge is -2.16. The summed E-state index contributed by atoms with van der Waals surface area (Å²) in [5, 5.41) is 6.69. The van der Waals surface area contributed by atoms with E-state index >= 15 is 0 Å². The van der Waals surface area contributed by atoms with Gasteiger partial charge >= 0.3 is 0 Å². The Morgan fingerprint density at radius 3 is 2.48 bits per heavy atom. The van der Waals surface area contributed by atoms with E-state index in [0.29, 0.717) is 11.8 Å². The topological polar surface area (TPSA) is 45.7 Å². The molecule has 2 N–H and O–H groups in total. The molecule has 1 aromatic rings. The Hall–Kier alpha value is -0.980. The number of hydrogen-bond donors (Lipinski definition) is 2. The van der Waals surface area contributed by atoms with Crippen LogP contribution in [0.15, 0.2) is 29.3 Å². The quantitative estimate of drug-likeness (QED) is 0.370. The highest BCUT2D eigenvalue weighted by Gasteiger charge is 2.10. The van der Waals surface area contributed by atoms with E-state index in [-0.39, 0.29) is 24.0 Å². The Morgan fingerprint density at radius 2 is 1.87 bits per heavy atom. The van der Waals surface area contributed by atoms with Gasteiger partial charge in [0, 0.05) is 25.6 Å². The van der Waals surface area contributed by atoms with Gasteiger partial charge in [-0.05, 0) is 30.9 Å². The first-order valence-corrected chi connectivity index (χ1v) is 8.23. The van der Waals surface area contributed by atoms with E-state index in [4.69, 9.17) is 9.73 Å². The number of halogens is 1. The highest BCUT2D eigenvalue weighted by atomic mass is 127. The van der Waals surface area contributed by atoms with Crippen LogP contribution in [0.2, 0.25) is 0 Å². The van der Waals surface area contributed by atoms with Gasteiger partial charge < -0.3 is 15.4 Å². The largest absolute Gasteiger partial charge is 0.496 e. The second kappa shape index (κ2) is 12.4. The minimum Gasteiger partial charge on any atom is -0.496 e. The molecular formula is C18H32IN3O. The molecule has 0 fully saturated rings. The van der Waals surface area contributed by atoms with Crippen LogP contribution in [-0.4, -0.2) is 32.7 Å². The van der Waals surface area contributed by atoms with Gasteiger partial charge in [0.1, 0.15) is 5.75 Å². The van der Waals surface area contributed by atoms with E-state index in [1.54, 1.807) is 7.11 Å². The molecule has 1 unspecified atom stereocenters. The van der Waals surface area contributed by atoms with E-state index < -0.39 is 0 Å². The van der Waals surface area contributed by atoms with Gasteiger partial charge in [0.05, 0.1) is 7.11 Å². The third-order valence-electron chi connectivity index (χ3n) is 3.55. The lowest BCUT2D eigenvalue weighted by Crippen LogP contribution is -2.38. The number of nitrogens with zero attached hydrogens (tertiary/aromatic N) is 1. The summed E-state index contributed by atoms with van der Waals surface area (Å²) in [7, 11) is 1.71. The van der Waals surface area contributed by atoms with Crippen molar-refractivity contribution in [2.75, 3.05) is 26.7 Å². The van der Waals surface area contributed by atoms with Crippen molar-refractivity contribution in [3.63, 3.8) is 0 Å². The molecule has 132 valence electrons. The van der Waals surface area contributed by atoms with E-state index in [1.165, 1.54) is 5.56 Å². The van der Waals surface area contributed by atoms with Crippen molar-refractivity contribution in [1.29, 1.82) is 0 Å². The molecule has 0 spiro atoms. The van der Waals surface area contributed by atoms with Crippen LogP contribution >= 0.6 is 24.0 Å². The molecule has 1 atom stereocenters. The van der Waals surface area contributed by atoms with Gasteiger partial charge in [0.25, 0.3) is 0 Å². The van der Waals surface area contributed by atoms with Crippen LogP contribution in [0.1, 0.15) is 45.6 Å². The van der Waals surface area contributed by atoms with Gasteiger partial charge in [-0.3, -0.25) is 4.99 Å². The maximum atomic E-state index is 5.43. The zero-order chi connectivity index (χ0) is 16.4. The zero-order valence-corrected chi connectivity index (χ0v) is 17.4. The standard InChI is InChI=1S/C18H31N3O.HI/c1-6-19-18(20-12-11-14(2)3)21-13-15(4)16-9-7-8-10-17(16)22-5;/h7-10,14-15H,6,11-13H2,1-5H3,(H2,19,20,21);1H. The van der Waals surface area contributed by atoms with Crippen molar-refractivity contribution >= 4 is 29.9 Å². The van der Waals surface area contributed by atoms with Crippen LogP contribution in [0, 0.1) is 5.92 Å². The molecule has 0 aliphatic carbocycles. The molecule has 1 aromatic carbocycles. The Kier molecular flexibility index (Phi) is 11.9. The van der Waals surface area contributed by atoms with Crippen LogP contribution in [0.25, 0.3) is 0 Å². The third-order valence-corrected chi connectivity index (χ3v) is 3.55. The van der Waals surface area contributed by atoms with Crippen LogP contribution in [0.5, 0.6) is 5.75 Å². The normalized spacial score (nSPS) is 12.5. The molecule has 0 saturated heterocycles. The van der Waals surface area contributed by atoms with Gasteiger partial charge in [-0.2, -0.15) is 0 Å². The summed E-state index contributed by atoms with van der Waals surface area (Å²) in [4.78, 5) is 4.70. The summed E-state index contributed by atoms with van der Waals surface area (Å²) < 4.78 is 5.43. The maximum Gasteiger partial charge on any atom is 0.191 e. The number of methoxy groups -OCH3 is 1. The third kappa shape index (κ3) is 8.44. The summed E-state index contributed by atoms with van der Waals surface area (Å²) in [5.74, 6) is 2.84. The summed E-state index contributed by atoms with van der Waals surface area (Å²) in [6.45, 7) is 11.3. The zero-order valence-electron chi connectivity index (χ0n) is 15.1. The first-order valence-electron chi connectivity index (χ1n) is 8.23.